The van der Waals surface area contributed by atoms with Crippen molar-refractivity contribution in [2.75, 3.05) is 18.1 Å². The normalized spacial score (nSPS) is 18.5. The van der Waals surface area contributed by atoms with Crippen LogP contribution < -0.4 is 5.32 Å². The molecule has 1 aromatic rings. The van der Waals surface area contributed by atoms with Gasteiger partial charge in [-0.25, -0.2) is 13.2 Å². The molecular formula is C20H27N3O5S. The highest BCUT2D eigenvalue weighted by atomic mass is 32.2. The second-order valence-electron chi connectivity index (χ2n) is 7.74. The highest BCUT2D eigenvalue weighted by Gasteiger charge is 2.29. The molecule has 1 N–H and O–H groups in total. The first-order valence-electron chi connectivity index (χ1n) is 9.48. The molecule has 9 heteroatoms. The van der Waals surface area contributed by atoms with Crippen LogP contribution in [0.4, 0.5) is 0 Å². The van der Waals surface area contributed by atoms with Crippen molar-refractivity contribution in [3.8, 4) is 6.07 Å². The van der Waals surface area contributed by atoms with Crippen molar-refractivity contribution in [2.45, 2.75) is 46.7 Å². The van der Waals surface area contributed by atoms with Crippen molar-refractivity contribution in [2.24, 2.45) is 5.92 Å². The lowest BCUT2D eigenvalue weighted by Crippen LogP contribution is -2.38. The second-order valence-corrected chi connectivity index (χ2v) is 9.97. The number of carbonyl (C=O) groups excluding carboxylic acids is 2. The molecule has 0 aromatic carbocycles. The van der Waals surface area contributed by atoms with Crippen LogP contribution in [-0.2, 0) is 30.7 Å². The molecule has 1 amide bonds. The Labute approximate surface area is 171 Å². The molecule has 0 bridgehead atoms. The minimum atomic E-state index is -3.11. The number of rotatable bonds is 7. The van der Waals surface area contributed by atoms with Gasteiger partial charge < -0.3 is 14.6 Å². The van der Waals surface area contributed by atoms with E-state index >= 15 is 0 Å². The van der Waals surface area contributed by atoms with Crippen LogP contribution in [0.15, 0.2) is 11.6 Å². The largest absolute Gasteiger partial charge is 0.451 e. The molecule has 1 atom stereocenters. The number of nitrogens with one attached hydrogen (secondary N) is 1. The van der Waals surface area contributed by atoms with E-state index in [1.54, 1.807) is 0 Å². The maximum Gasteiger partial charge on any atom is 0.349 e. The van der Waals surface area contributed by atoms with Gasteiger partial charge in [-0.3, -0.25) is 4.79 Å². The topological polar surface area (TPSA) is 118 Å². The third kappa shape index (κ3) is 6.19. The quantitative estimate of drug-likeness (QED) is 0.405. The monoisotopic (exact) mass is 421 g/mol. The summed E-state index contributed by atoms with van der Waals surface area (Å²) in [5.41, 5.74) is 2.51. The van der Waals surface area contributed by atoms with E-state index in [9.17, 15) is 23.3 Å². The number of nitrogens with zero attached hydrogens (tertiary/aromatic N) is 2. The summed E-state index contributed by atoms with van der Waals surface area (Å²) in [5, 5.41) is 11.9. The summed E-state index contributed by atoms with van der Waals surface area (Å²) >= 11 is 0. The zero-order valence-corrected chi connectivity index (χ0v) is 18.0. The van der Waals surface area contributed by atoms with Crippen LogP contribution in [0, 0.1) is 31.1 Å². The highest BCUT2D eigenvalue weighted by Crippen LogP contribution is 2.20. The minimum Gasteiger partial charge on any atom is -0.451 e. The van der Waals surface area contributed by atoms with E-state index < -0.39 is 34.4 Å². The molecule has 1 fully saturated rings. The third-order valence-corrected chi connectivity index (χ3v) is 6.50. The molecule has 1 aromatic heterocycles. The number of nitriles is 1. The number of hydrogen-bond acceptors (Lipinski definition) is 6. The average molecular weight is 422 g/mol. The Morgan fingerprint density at radius 3 is 2.66 bits per heavy atom. The lowest BCUT2D eigenvalue weighted by Gasteiger charge is -2.12. The number of carbonyl (C=O) groups is 2. The SMILES string of the molecule is Cc1cc(C=C(C#N)C(=O)OCC(=O)NC2CCS(=O)(=O)C2)c(C)n1CC(C)C. The van der Waals surface area contributed by atoms with E-state index in [4.69, 9.17) is 4.74 Å². The number of amides is 1. The van der Waals surface area contributed by atoms with Gasteiger partial charge in [-0.2, -0.15) is 5.26 Å². The molecule has 0 saturated carbocycles. The summed E-state index contributed by atoms with van der Waals surface area (Å²) < 4.78 is 29.9. The molecule has 0 radical (unpaired) electrons. The van der Waals surface area contributed by atoms with Gasteiger partial charge in [-0.05, 0) is 43.9 Å². The number of esters is 1. The van der Waals surface area contributed by atoms with Crippen LogP contribution >= 0.6 is 0 Å². The molecule has 0 spiro atoms. The van der Waals surface area contributed by atoms with Gasteiger partial charge in [0.15, 0.2) is 16.4 Å². The zero-order valence-electron chi connectivity index (χ0n) is 17.2. The average Bonchev–Trinajstić information content (AvgIpc) is 3.10. The first-order valence-corrected chi connectivity index (χ1v) is 11.3. The Bertz CT molecular complexity index is 967. The Kier molecular flexibility index (Phi) is 7.25. The van der Waals surface area contributed by atoms with E-state index in [0.29, 0.717) is 12.3 Å². The number of ether oxygens (including phenoxy) is 1. The van der Waals surface area contributed by atoms with Crippen LogP contribution in [0.5, 0.6) is 0 Å². The standard InChI is InChI=1S/C20H27N3O5S/c1-13(2)10-23-14(3)7-16(15(23)4)8-17(9-21)20(25)28-11-19(24)22-18-5-6-29(26,27)12-18/h7-8,13,18H,5-6,10-12H2,1-4H3,(H,22,24). The maximum absolute atomic E-state index is 12.2. The van der Waals surface area contributed by atoms with Crippen LogP contribution in [0.25, 0.3) is 6.08 Å². The number of aryl methyl sites for hydroxylation is 1. The lowest BCUT2D eigenvalue weighted by molar-refractivity contribution is -0.144. The van der Waals surface area contributed by atoms with Gasteiger partial charge in [0, 0.05) is 24.0 Å². The first-order chi connectivity index (χ1) is 13.5. The Hall–Kier alpha value is -2.60. The van der Waals surface area contributed by atoms with Crippen molar-refractivity contribution in [1.82, 2.24) is 9.88 Å². The predicted octanol–water partition coefficient (Wildman–Crippen LogP) is 1.51. The van der Waals surface area contributed by atoms with Gasteiger partial charge in [-0.1, -0.05) is 13.8 Å². The summed E-state index contributed by atoms with van der Waals surface area (Å²) in [6, 6.07) is 3.25. The van der Waals surface area contributed by atoms with Gasteiger partial charge in [0.1, 0.15) is 11.6 Å². The van der Waals surface area contributed by atoms with E-state index in [-0.39, 0.29) is 17.1 Å². The zero-order chi connectivity index (χ0) is 21.8. The lowest BCUT2D eigenvalue weighted by atomic mass is 10.1. The number of hydrogen-bond donors (Lipinski definition) is 1. The molecule has 2 rings (SSSR count). The molecule has 1 unspecified atom stereocenters. The fourth-order valence-corrected chi connectivity index (χ4v) is 4.97. The summed E-state index contributed by atoms with van der Waals surface area (Å²) in [6.07, 6.45) is 1.81. The molecule has 2 heterocycles. The van der Waals surface area contributed by atoms with E-state index in [1.165, 1.54) is 6.08 Å². The molecule has 8 nitrogen and oxygen atoms in total. The van der Waals surface area contributed by atoms with Crippen molar-refractivity contribution in [3.05, 3.63) is 28.6 Å². The molecule has 158 valence electrons. The fourth-order valence-electron chi connectivity index (χ4n) is 3.30. The molecule has 29 heavy (non-hydrogen) atoms. The Morgan fingerprint density at radius 1 is 1.41 bits per heavy atom. The van der Waals surface area contributed by atoms with E-state index in [2.05, 4.69) is 23.7 Å². The highest BCUT2D eigenvalue weighted by molar-refractivity contribution is 7.91. The molecular weight excluding hydrogens is 394 g/mol. The Balaban J connectivity index is 2.00. The predicted molar refractivity (Wildman–Crippen MR) is 108 cm³/mol. The van der Waals surface area contributed by atoms with Crippen molar-refractivity contribution < 1.29 is 22.7 Å². The second kappa shape index (κ2) is 9.27. The summed E-state index contributed by atoms with van der Waals surface area (Å²) in [7, 11) is -3.11. The van der Waals surface area contributed by atoms with Crippen LogP contribution in [0.3, 0.4) is 0 Å². The van der Waals surface area contributed by atoms with Gasteiger partial charge >= 0.3 is 5.97 Å². The number of aromatic nitrogens is 1. The van der Waals surface area contributed by atoms with Crippen molar-refractivity contribution >= 4 is 27.8 Å². The summed E-state index contributed by atoms with van der Waals surface area (Å²) in [4.78, 5) is 24.1. The third-order valence-electron chi connectivity index (χ3n) is 4.73. The smallest absolute Gasteiger partial charge is 0.349 e. The van der Waals surface area contributed by atoms with Gasteiger partial charge in [0.2, 0.25) is 0 Å². The van der Waals surface area contributed by atoms with Crippen LogP contribution in [-0.4, -0.2) is 49.0 Å². The van der Waals surface area contributed by atoms with Crippen molar-refractivity contribution in [3.63, 3.8) is 0 Å². The van der Waals surface area contributed by atoms with Gasteiger partial charge in [0.25, 0.3) is 5.91 Å². The molecule has 1 saturated heterocycles. The van der Waals surface area contributed by atoms with Crippen LogP contribution in [0.2, 0.25) is 0 Å². The van der Waals surface area contributed by atoms with E-state index in [0.717, 1.165) is 23.5 Å². The summed E-state index contributed by atoms with van der Waals surface area (Å²) in [6.45, 7) is 8.36. The van der Waals surface area contributed by atoms with Crippen LogP contribution in [0.1, 0.15) is 37.2 Å². The fraction of sp³-hybridized carbons (Fsp3) is 0.550. The van der Waals surface area contributed by atoms with Gasteiger partial charge in [0.05, 0.1) is 11.5 Å². The van der Waals surface area contributed by atoms with E-state index in [1.807, 2.05) is 26.0 Å². The first kappa shape index (κ1) is 22.7. The minimum absolute atomic E-state index is 0.0360. The Morgan fingerprint density at radius 2 is 2.10 bits per heavy atom. The summed E-state index contributed by atoms with van der Waals surface area (Å²) in [5.74, 6) is -1.11. The molecule has 1 aliphatic rings. The molecule has 0 aliphatic carbocycles. The van der Waals surface area contributed by atoms with Gasteiger partial charge in [-0.15, -0.1) is 0 Å². The maximum atomic E-state index is 12.2. The number of sulfone groups is 1. The molecule has 1 aliphatic heterocycles. The van der Waals surface area contributed by atoms with Crippen molar-refractivity contribution in [1.29, 1.82) is 5.26 Å².